The second kappa shape index (κ2) is 6.47. The molecule has 1 unspecified atom stereocenters. The van der Waals surface area contributed by atoms with E-state index in [1.807, 2.05) is 5.32 Å². The Bertz CT molecular complexity index is 505. The molecule has 0 bridgehead atoms. The predicted octanol–water partition coefficient (Wildman–Crippen LogP) is 2.06. The normalized spacial score (nSPS) is 14.0. The van der Waals surface area contributed by atoms with Gasteiger partial charge in [-0.3, -0.25) is 4.79 Å². The van der Waals surface area contributed by atoms with Crippen LogP contribution in [0.15, 0.2) is 30.3 Å². The van der Waals surface area contributed by atoms with Gasteiger partial charge in [0.1, 0.15) is 0 Å². The standard InChI is InChI=1S/C13H15F3N2O3/c1-3-21-11(20)12(13(14,15)16,17-9(2)19)18-10-7-5-4-6-8-10/h4-8,18H,3H2,1-2H3,(H,17,19). The molecule has 0 saturated heterocycles. The van der Waals surface area contributed by atoms with Crippen LogP contribution in [0.1, 0.15) is 13.8 Å². The Kier molecular flexibility index (Phi) is 5.17. The zero-order chi connectivity index (χ0) is 16.1. The second-order valence-electron chi connectivity index (χ2n) is 4.14. The summed E-state index contributed by atoms with van der Waals surface area (Å²) in [6, 6.07) is 7.25. The summed E-state index contributed by atoms with van der Waals surface area (Å²) in [6.45, 7) is 1.99. The van der Waals surface area contributed by atoms with Gasteiger partial charge in [-0.05, 0) is 19.1 Å². The number of amides is 1. The van der Waals surface area contributed by atoms with Gasteiger partial charge in [-0.15, -0.1) is 0 Å². The van der Waals surface area contributed by atoms with Crippen molar-refractivity contribution in [2.75, 3.05) is 11.9 Å². The van der Waals surface area contributed by atoms with Gasteiger partial charge < -0.3 is 15.4 Å². The van der Waals surface area contributed by atoms with Gasteiger partial charge in [0.2, 0.25) is 5.91 Å². The van der Waals surface area contributed by atoms with Crippen molar-refractivity contribution in [1.29, 1.82) is 0 Å². The van der Waals surface area contributed by atoms with Gasteiger partial charge in [0.25, 0.3) is 0 Å². The molecule has 116 valence electrons. The van der Waals surface area contributed by atoms with E-state index in [2.05, 4.69) is 4.74 Å². The molecular weight excluding hydrogens is 289 g/mol. The van der Waals surface area contributed by atoms with Crippen LogP contribution in [0, 0.1) is 0 Å². The Balaban J connectivity index is 3.29. The van der Waals surface area contributed by atoms with Crippen LogP contribution in [-0.2, 0) is 14.3 Å². The quantitative estimate of drug-likeness (QED) is 0.645. The van der Waals surface area contributed by atoms with Gasteiger partial charge in [-0.25, -0.2) is 4.79 Å². The fraction of sp³-hybridized carbons (Fsp3) is 0.385. The maximum absolute atomic E-state index is 13.4. The molecule has 0 aliphatic rings. The summed E-state index contributed by atoms with van der Waals surface area (Å²) in [6.07, 6.45) is -5.10. The Morgan fingerprint density at radius 3 is 2.19 bits per heavy atom. The lowest BCUT2D eigenvalue weighted by atomic mass is 10.1. The number of rotatable bonds is 5. The lowest BCUT2D eigenvalue weighted by Gasteiger charge is -2.35. The first kappa shape index (κ1) is 16.8. The van der Waals surface area contributed by atoms with Crippen molar-refractivity contribution in [1.82, 2.24) is 5.32 Å². The predicted molar refractivity (Wildman–Crippen MR) is 69.3 cm³/mol. The summed E-state index contributed by atoms with van der Waals surface area (Å²) in [4.78, 5) is 23.0. The van der Waals surface area contributed by atoms with Gasteiger partial charge in [0, 0.05) is 12.6 Å². The maximum atomic E-state index is 13.4. The summed E-state index contributed by atoms with van der Waals surface area (Å²) in [5, 5.41) is 3.63. The van der Waals surface area contributed by atoms with E-state index in [1.54, 1.807) is 11.4 Å². The number of carbonyl (C=O) groups is 2. The number of anilines is 1. The first-order valence-corrected chi connectivity index (χ1v) is 6.09. The number of benzene rings is 1. The zero-order valence-electron chi connectivity index (χ0n) is 11.5. The van der Waals surface area contributed by atoms with Crippen molar-refractivity contribution in [3.8, 4) is 0 Å². The van der Waals surface area contributed by atoms with Crippen molar-refractivity contribution in [2.24, 2.45) is 0 Å². The number of nitrogens with one attached hydrogen (secondary N) is 2. The Morgan fingerprint density at radius 1 is 1.19 bits per heavy atom. The number of esters is 1. The van der Waals surface area contributed by atoms with E-state index in [0.717, 1.165) is 6.92 Å². The van der Waals surface area contributed by atoms with E-state index in [-0.39, 0.29) is 12.3 Å². The second-order valence-corrected chi connectivity index (χ2v) is 4.14. The van der Waals surface area contributed by atoms with Crippen molar-refractivity contribution in [3.63, 3.8) is 0 Å². The Labute approximate surface area is 119 Å². The van der Waals surface area contributed by atoms with Crippen LogP contribution < -0.4 is 10.6 Å². The van der Waals surface area contributed by atoms with E-state index in [4.69, 9.17) is 0 Å². The molecule has 2 N–H and O–H groups in total. The first-order chi connectivity index (χ1) is 9.73. The fourth-order valence-corrected chi connectivity index (χ4v) is 1.63. The third-order valence-corrected chi connectivity index (χ3v) is 2.48. The van der Waals surface area contributed by atoms with Crippen LogP contribution in [-0.4, -0.2) is 30.3 Å². The SMILES string of the molecule is CCOC(=O)C(NC(C)=O)(Nc1ccccc1)C(F)(F)F. The summed E-state index contributed by atoms with van der Waals surface area (Å²) in [7, 11) is 0. The Hall–Kier alpha value is -2.25. The minimum absolute atomic E-state index is 0.0108. The highest BCUT2D eigenvalue weighted by Crippen LogP contribution is 2.33. The Morgan fingerprint density at radius 2 is 1.76 bits per heavy atom. The maximum Gasteiger partial charge on any atom is 0.441 e. The highest BCUT2D eigenvalue weighted by atomic mass is 19.4. The molecule has 1 aromatic carbocycles. The fourth-order valence-electron chi connectivity index (χ4n) is 1.63. The van der Waals surface area contributed by atoms with Crippen LogP contribution in [0.5, 0.6) is 0 Å². The molecule has 21 heavy (non-hydrogen) atoms. The number of hydrogen-bond acceptors (Lipinski definition) is 4. The lowest BCUT2D eigenvalue weighted by molar-refractivity contribution is -0.207. The molecule has 0 saturated carbocycles. The van der Waals surface area contributed by atoms with E-state index in [0.29, 0.717) is 0 Å². The largest absolute Gasteiger partial charge is 0.463 e. The number of hydrogen-bond donors (Lipinski definition) is 2. The summed E-state index contributed by atoms with van der Waals surface area (Å²) < 4.78 is 44.7. The number of halogens is 3. The molecule has 0 aromatic heterocycles. The molecule has 8 heteroatoms. The highest BCUT2D eigenvalue weighted by molar-refractivity contribution is 5.90. The lowest BCUT2D eigenvalue weighted by Crippen LogP contribution is -2.69. The molecule has 0 spiro atoms. The van der Waals surface area contributed by atoms with Crippen molar-refractivity contribution in [2.45, 2.75) is 25.7 Å². The van der Waals surface area contributed by atoms with Gasteiger partial charge in [-0.1, -0.05) is 18.2 Å². The number of ether oxygens (including phenoxy) is 1. The van der Waals surface area contributed by atoms with Gasteiger partial charge in [0.15, 0.2) is 0 Å². The van der Waals surface area contributed by atoms with Gasteiger partial charge in [0.05, 0.1) is 6.61 Å². The molecule has 0 radical (unpaired) electrons. The molecule has 1 rings (SSSR count). The van der Waals surface area contributed by atoms with Gasteiger partial charge in [-0.2, -0.15) is 13.2 Å². The number of para-hydroxylation sites is 1. The van der Waals surface area contributed by atoms with Crippen molar-refractivity contribution in [3.05, 3.63) is 30.3 Å². The molecule has 1 aromatic rings. The third-order valence-electron chi connectivity index (χ3n) is 2.48. The number of carbonyl (C=O) groups excluding carboxylic acids is 2. The van der Waals surface area contributed by atoms with Crippen molar-refractivity contribution >= 4 is 17.6 Å². The van der Waals surface area contributed by atoms with Crippen LogP contribution in [0.25, 0.3) is 0 Å². The van der Waals surface area contributed by atoms with E-state index in [1.165, 1.54) is 31.2 Å². The molecule has 0 fully saturated rings. The van der Waals surface area contributed by atoms with Crippen molar-refractivity contribution < 1.29 is 27.5 Å². The van der Waals surface area contributed by atoms with Crippen LogP contribution >= 0.6 is 0 Å². The minimum Gasteiger partial charge on any atom is -0.463 e. The van der Waals surface area contributed by atoms with E-state index < -0.39 is 23.7 Å². The summed E-state index contributed by atoms with van der Waals surface area (Å²) >= 11 is 0. The van der Waals surface area contributed by atoms with Crippen LogP contribution in [0.2, 0.25) is 0 Å². The van der Waals surface area contributed by atoms with Gasteiger partial charge >= 0.3 is 17.8 Å². The van der Waals surface area contributed by atoms with Crippen LogP contribution in [0.4, 0.5) is 18.9 Å². The van der Waals surface area contributed by atoms with E-state index in [9.17, 15) is 22.8 Å². The third kappa shape index (κ3) is 3.87. The highest BCUT2D eigenvalue weighted by Gasteiger charge is 2.63. The monoisotopic (exact) mass is 304 g/mol. The molecule has 5 nitrogen and oxygen atoms in total. The average molecular weight is 304 g/mol. The molecule has 0 aliphatic carbocycles. The molecule has 0 aliphatic heterocycles. The molecule has 1 atom stereocenters. The minimum atomic E-state index is -5.10. The zero-order valence-corrected chi connectivity index (χ0v) is 11.5. The smallest absolute Gasteiger partial charge is 0.441 e. The first-order valence-electron chi connectivity index (χ1n) is 6.09. The molecule has 0 heterocycles. The summed E-state index contributed by atoms with van der Waals surface area (Å²) in [5.41, 5.74) is -3.33. The number of alkyl halides is 3. The average Bonchev–Trinajstić information content (AvgIpc) is 2.37. The molecular formula is C13H15F3N2O3. The van der Waals surface area contributed by atoms with E-state index >= 15 is 0 Å². The molecule has 1 amide bonds. The topological polar surface area (TPSA) is 67.4 Å². The van der Waals surface area contributed by atoms with Crippen LogP contribution in [0.3, 0.4) is 0 Å². The summed E-state index contributed by atoms with van der Waals surface area (Å²) in [5.74, 6) is -2.65.